The minimum absolute atomic E-state index is 0.0138. The van der Waals surface area contributed by atoms with E-state index < -0.39 is 0 Å². The van der Waals surface area contributed by atoms with Gasteiger partial charge >= 0.3 is 0 Å². The predicted octanol–water partition coefficient (Wildman–Crippen LogP) is 2.00. The zero-order valence-electron chi connectivity index (χ0n) is 14.0. The number of pyridine rings is 1. The maximum absolute atomic E-state index is 12.4. The number of anilines is 1. The second-order valence-corrected chi connectivity index (χ2v) is 6.48. The molecule has 0 saturated carbocycles. The molecule has 1 fully saturated rings. The molecule has 22 heavy (non-hydrogen) atoms. The normalized spacial score (nSPS) is 18.5. The number of nitrogens with zero attached hydrogens (tertiary/aromatic N) is 3. The van der Waals surface area contributed by atoms with Gasteiger partial charge in [0.05, 0.1) is 5.56 Å². The molecule has 0 aromatic carbocycles. The summed E-state index contributed by atoms with van der Waals surface area (Å²) in [4.78, 5) is 21.3. The van der Waals surface area contributed by atoms with Gasteiger partial charge in [-0.05, 0) is 58.0 Å². The summed E-state index contributed by atoms with van der Waals surface area (Å²) in [6, 6.07) is 3.72. The Morgan fingerprint density at radius 3 is 3.05 bits per heavy atom. The maximum atomic E-state index is 12.4. The third-order valence-electron chi connectivity index (χ3n) is 4.06. The molecule has 1 unspecified atom stereocenters. The minimum atomic E-state index is -0.0138. The van der Waals surface area contributed by atoms with E-state index in [-0.39, 0.29) is 5.91 Å². The van der Waals surface area contributed by atoms with E-state index in [2.05, 4.69) is 27.0 Å². The second-order valence-electron chi connectivity index (χ2n) is 6.48. The van der Waals surface area contributed by atoms with Crippen LogP contribution in [0.3, 0.4) is 0 Å². The van der Waals surface area contributed by atoms with Crippen molar-refractivity contribution in [3.05, 3.63) is 23.9 Å². The van der Waals surface area contributed by atoms with Crippen LogP contribution in [0.25, 0.3) is 0 Å². The summed E-state index contributed by atoms with van der Waals surface area (Å²) in [5, 5.41) is 3.01. The van der Waals surface area contributed by atoms with Crippen LogP contribution in [0, 0.1) is 5.92 Å². The maximum Gasteiger partial charge on any atom is 0.255 e. The summed E-state index contributed by atoms with van der Waals surface area (Å²) in [6.45, 7) is 5.90. The van der Waals surface area contributed by atoms with Crippen LogP contribution in [0.5, 0.6) is 0 Å². The number of carbonyl (C=O) groups excluding carboxylic acids is 1. The van der Waals surface area contributed by atoms with Gasteiger partial charge in [-0.15, -0.1) is 0 Å². The van der Waals surface area contributed by atoms with Crippen LogP contribution in [0.4, 0.5) is 5.82 Å². The van der Waals surface area contributed by atoms with Gasteiger partial charge in [0, 0.05) is 25.8 Å². The molecule has 0 bridgehead atoms. The van der Waals surface area contributed by atoms with Crippen molar-refractivity contribution in [2.75, 3.05) is 45.2 Å². The molecule has 2 heterocycles. The van der Waals surface area contributed by atoms with E-state index in [9.17, 15) is 4.79 Å². The lowest BCUT2D eigenvalue weighted by atomic mass is 10.00. The van der Waals surface area contributed by atoms with Crippen LogP contribution in [0.2, 0.25) is 0 Å². The lowest BCUT2D eigenvalue weighted by Crippen LogP contribution is -2.37. The van der Waals surface area contributed by atoms with E-state index in [1.807, 2.05) is 26.2 Å². The van der Waals surface area contributed by atoms with Gasteiger partial charge in [0.15, 0.2) is 0 Å². The molecule has 1 atom stereocenters. The van der Waals surface area contributed by atoms with E-state index in [0.29, 0.717) is 18.0 Å². The van der Waals surface area contributed by atoms with Crippen LogP contribution in [-0.2, 0) is 0 Å². The van der Waals surface area contributed by atoms with Gasteiger partial charge < -0.3 is 15.1 Å². The summed E-state index contributed by atoms with van der Waals surface area (Å²) >= 11 is 0. The van der Waals surface area contributed by atoms with Crippen molar-refractivity contribution in [3.8, 4) is 0 Å². The molecule has 0 aliphatic carbocycles. The number of carbonyl (C=O) groups is 1. The molecule has 0 spiro atoms. The number of aromatic nitrogens is 1. The fraction of sp³-hybridized carbons (Fsp3) is 0.647. The molecule has 2 rings (SSSR count). The van der Waals surface area contributed by atoms with Crippen molar-refractivity contribution < 1.29 is 4.79 Å². The van der Waals surface area contributed by atoms with E-state index >= 15 is 0 Å². The van der Waals surface area contributed by atoms with Gasteiger partial charge in [0.1, 0.15) is 5.82 Å². The lowest BCUT2D eigenvalue weighted by Gasteiger charge is -2.32. The number of hydrogen-bond acceptors (Lipinski definition) is 4. The van der Waals surface area contributed by atoms with Gasteiger partial charge in [-0.3, -0.25) is 4.79 Å². The molecular weight excluding hydrogens is 276 g/mol. The Labute approximate surface area is 133 Å². The first kappa shape index (κ1) is 16.7. The monoisotopic (exact) mass is 304 g/mol. The third-order valence-corrected chi connectivity index (χ3v) is 4.06. The smallest absolute Gasteiger partial charge is 0.255 e. The highest BCUT2D eigenvalue weighted by Gasteiger charge is 2.22. The first-order valence-electron chi connectivity index (χ1n) is 8.21. The molecular formula is C17H28N4O. The summed E-state index contributed by atoms with van der Waals surface area (Å²) in [5.41, 5.74) is 0.696. The van der Waals surface area contributed by atoms with E-state index in [0.717, 1.165) is 31.9 Å². The summed E-state index contributed by atoms with van der Waals surface area (Å²) in [5.74, 6) is 1.48. The molecule has 5 heteroatoms. The molecule has 1 amide bonds. The molecule has 122 valence electrons. The first-order valence-corrected chi connectivity index (χ1v) is 8.21. The minimum Gasteiger partial charge on any atom is -0.356 e. The van der Waals surface area contributed by atoms with Crippen molar-refractivity contribution >= 4 is 11.7 Å². The average Bonchev–Trinajstić information content (AvgIpc) is 2.51. The molecule has 1 aromatic rings. The Balaban J connectivity index is 1.99. The van der Waals surface area contributed by atoms with Gasteiger partial charge in [-0.25, -0.2) is 4.98 Å². The summed E-state index contributed by atoms with van der Waals surface area (Å²) < 4.78 is 0. The molecule has 1 aliphatic heterocycles. The van der Waals surface area contributed by atoms with E-state index in [4.69, 9.17) is 0 Å². The van der Waals surface area contributed by atoms with Crippen LogP contribution in [0.1, 0.15) is 36.5 Å². The topological polar surface area (TPSA) is 48.5 Å². The van der Waals surface area contributed by atoms with E-state index in [1.54, 1.807) is 6.20 Å². The molecule has 5 nitrogen and oxygen atoms in total. The number of piperidine rings is 1. The Bertz CT molecular complexity index is 489. The van der Waals surface area contributed by atoms with Gasteiger partial charge in [0.25, 0.3) is 5.91 Å². The molecule has 0 radical (unpaired) electrons. The Hall–Kier alpha value is -1.62. The second kappa shape index (κ2) is 8.13. The zero-order chi connectivity index (χ0) is 15.9. The summed E-state index contributed by atoms with van der Waals surface area (Å²) in [6.07, 6.45) is 5.16. The fourth-order valence-electron chi connectivity index (χ4n) is 2.90. The summed E-state index contributed by atoms with van der Waals surface area (Å²) in [7, 11) is 4.08. The highest BCUT2D eigenvalue weighted by Crippen LogP contribution is 2.24. The SMILES string of the molecule is CC1CCCN(c2ncccc2C(=O)NCCCN(C)C)C1. The van der Waals surface area contributed by atoms with Gasteiger partial charge in [-0.1, -0.05) is 6.92 Å². The number of nitrogens with one attached hydrogen (secondary N) is 1. The molecule has 1 aliphatic rings. The van der Waals surface area contributed by atoms with Crippen LogP contribution in [-0.4, -0.2) is 56.1 Å². The van der Waals surface area contributed by atoms with Crippen molar-refractivity contribution in [3.63, 3.8) is 0 Å². The molecule has 1 aromatic heterocycles. The van der Waals surface area contributed by atoms with Crippen LogP contribution < -0.4 is 10.2 Å². The molecule has 1 saturated heterocycles. The Kier molecular flexibility index (Phi) is 6.19. The Morgan fingerprint density at radius 2 is 2.32 bits per heavy atom. The number of rotatable bonds is 6. The first-order chi connectivity index (χ1) is 10.6. The average molecular weight is 304 g/mol. The fourth-order valence-corrected chi connectivity index (χ4v) is 2.90. The van der Waals surface area contributed by atoms with Crippen LogP contribution >= 0.6 is 0 Å². The van der Waals surface area contributed by atoms with Crippen molar-refractivity contribution in [2.45, 2.75) is 26.2 Å². The highest BCUT2D eigenvalue weighted by atomic mass is 16.1. The number of hydrogen-bond donors (Lipinski definition) is 1. The van der Waals surface area contributed by atoms with Crippen molar-refractivity contribution in [1.82, 2.24) is 15.2 Å². The van der Waals surface area contributed by atoms with E-state index in [1.165, 1.54) is 12.8 Å². The largest absolute Gasteiger partial charge is 0.356 e. The van der Waals surface area contributed by atoms with Crippen molar-refractivity contribution in [1.29, 1.82) is 0 Å². The van der Waals surface area contributed by atoms with Crippen molar-refractivity contribution in [2.24, 2.45) is 5.92 Å². The molecule has 1 N–H and O–H groups in total. The van der Waals surface area contributed by atoms with Gasteiger partial charge in [0.2, 0.25) is 0 Å². The highest BCUT2D eigenvalue weighted by molar-refractivity contribution is 5.98. The van der Waals surface area contributed by atoms with Crippen LogP contribution in [0.15, 0.2) is 18.3 Å². The standard InChI is InChI=1S/C17H28N4O/c1-14-7-5-12-21(13-14)16-15(8-4-9-18-16)17(22)19-10-6-11-20(2)3/h4,8-9,14H,5-7,10-13H2,1-3H3,(H,19,22). The lowest BCUT2D eigenvalue weighted by molar-refractivity contribution is 0.0952. The Morgan fingerprint density at radius 1 is 1.50 bits per heavy atom. The quantitative estimate of drug-likeness (QED) is 0.817. The predicted molar refractivity (Wildman–Crippen MR) is 90.4 cm³/mol. The van der Waals surface area contributed by atoms with Gasteiger partial charge in [-0.2, -0.15) is 0 Å². The third kappa shape index (κ3) is 4.70. The number of amides is 1. The zero-order valence-corrected chi connectivity index (χ0v) is 14.0.